The highest BCUT2D eigenvalue weighted by Gasteiger charge is 2.20. The number of aromatic nitrogens is 3. The first kappa shape index (κ1) is 13.4. The van der Waals surface area contributed by atoms with Crippen molar-refractivity contribution in [3.63, 3.8) is 0 Å². The van der Waals surface area contributed by atoms with Crippen molar-refractivity contribution in [1.29, 1.82) is 0 Å². The number of nitrogens with one attached hydrogen (secondary N) is 1. The van der Waals surface area contributed by atoms with Crippen molar-refractivity contribution in [2.45, 2.75) is 39.1 Å². The van der Waals surface area contributed by atoms with Gasteiger partial charge in [0, 0.05) is 18.8 Å². The molecule has 0 aromatic carbocycles. The average molecular weight is 310 g/mol. The molecule has 4 nitrogen and oxygen atoms in total. The van der Waals surface area contributed by atoms with E-state index in [4.69, 9.17) is 0 Å². The van der Waals surface area contributed by atoms with Crippen LogP contribution in [0.4, 0.5) is 0 Å². The van der Waals surface area contributed by atoms with Gasteiger partial charge in [0.25, 0.3) is 0 Å². The van der Waals surface area contributed by atoms with Gasteiger partial charge >= 0.3 is 0 Å². The molecule has 1 aliphatic rings. The Labute approximate surface area is 124 Å². The Balaban J connectivity index is 1.71. The second-order valence-electron chi connectivity index (χ2n) is 4.26. The van der Waals surface area contributed by atoms with Gasteiger partial charge in [0.1, 0.15) is 5.03 Å². The molecule has 0 amide bonds. The fourth-order valence-corrected chi connectivity index (χ4v) is 4.03. The molecule has 2 heterocycles. The predicted octanol–water partition coefficient (Wildman–Crippen LogP) is 3.06. The lowest BCUT2D eigenvalue weighted by Crippen LogP contribution is -2.16. The van der Waals surface area contributed by atoms with Crippen LogP contribution in [0, 0.1) is 0 Å². The summed E-state index contributed by atoms with van der Waals surface area (Å²) >= 11 is 4.85. The van der Waals surface area contributed by atoms with Crippen molar-refractivity contribution in [3.8, 4) is 0 Å². The molecule has 0 atom stereocenters. The Bertz CT molecular complexity index is 553. The van der Waals surface area contributed by atoms with Gasteiger partial charge in [-0.2, -0.15) is 0 Å². The molecule has 1 fully saturated rings. The van der Waals surface area contributed by atoms with E-state index in [-0.39, 0.29) is 0 Å². The summed E-state index contributed by atoms with van der Waals surface area (Å²) in [4.78, 5) is 4.46. The molecule has 1 saturated carbocycles. The second kappa shape index (κ2) is 6.21. The molecule has 3 rings (SSSR count). The molecule has 0 aliphatic heterocycles. The van der Waals surface area contributed by atoms with Crippen molar-refractivity contribution < 1.29 is 0 Å². The molecule has 2 aromatic rings. The van der Waals surface area contributed by atoms with Crippen molar-refractivity contribution in [1.82, 2.24) is 20.5 Å². The molecule has 100 valence electrons. The van der Waals surface area contributed by atoms with Crippen molar-refractivity contribution in [2.75, 3.05) is 6.26 Å². The first-order chi connectivity index (χ1) is 9.35. The number of thioether (sulfide) groups is 1. The van der Waals surface area contributed by atoms with Gasteiger partial charge in [-0.1, -0.05) is 29.2 Å². The molecule has 7 heteroatoms. The van der Waals surface area contributed by atoms with Crippen molar-refractivity contribution in [3.05, 3.63) is 23.9 Å². The van der Waals surface area contributed by atoms with E-state index in [9.17, 15) is 0 Å². The number of hydrogen-bond donors (Lipinski definition) is 1. The van der Waals surface area contributed by atoms with Crippen LogP contribution < -0.4 is 5.32 Å². The highest BCUT2D eigenvalue weighted by Crippen LogP contribution is 2.33. The van der Waals surface area contributed by atoms with E-state index in [2.05, 4.69) is 26.6 Å². The summed E-state index contributed by atoms with van der Waals surface area (Å²) in [5.41, 5.74) is 1.24. The van der Waals surface area contributed by atoms with Crippen LogP contribution in [0.15, 0.2) is 32.0 Å². The lowest BCUT2D eigenvalue weighted by Gasteiger charge is -2.06. The van der Waals surface area contributed by atoms with Crippen LogP contribution >= 0.6 is 34.9 Å². The maximum atomic E-state index is 4.46. The van der Waals surface area contributed by atoms with Crippen LogP contribution in [0.25, 0.3) is 0 Å². The van der Waals surface area contributed by atoms with E-state index in [1.165, 1.54) is 18.4 Å². The van der Waals surface area contributed by atoms with Gasteiger partial charge in [0.2, 0.25) is 0 Å². The van der Waals surface area contributed by atoms with Gasteiger partial charge in [0.15, 0.2) is 8.68 Å². The SMILES string of the molecule is CSc1nnc(Sc2ncccc2CNC2CC2)s1. The predicted molar refractivity (Wildman–Crippen MR) is 79.9 cm³/mol. The average Bonchev–Trinajstić information content (AvgIpc) is 3.16. The maximum Gasteiger partial charge on any atom is 0.181 e. The Kier molecular flexibility index (Phi) is 4.37. The van der Waals surface area contributed by atoms with E-state index in [0.29, 0.717) is 6.04 Å². The largest absolute Gasteiger partial charge is 0.310 e. The fraction of sp³-hybridized carbons (Fsp3) is 0.417. The number of nitrogens with zero attached hydrogens (tertiary/aromatic N) is 3. The van der Waals surface area contributed by atoms with Gasteiger partial charge in [0.05, 0.1) is 0 Å². The summed E-state index contributed by atoms with van der Waals surface area (Å²) < 4.78 is 1.95. The Hall–Kier alpha value is -0.630. The smallest absolute Gasteiger partial charge is 0.181 e. The van der Waals surface area contributed by atoms with Gasteiger partial charge in [-0.15, -0.1) is 10.2 Å². The molecule has 0 saturated heterocycles. The molecule has 1 aliphatic carbocycles. The summed E-state index contributed by atoms with van der Waals surface area (Å²) in [5, 5.41) is 12.8. The summed E-state index contributed by atoms with van der Waals surface area (Å²) in [6.07, 6.45) is 6.45. The summed E-state index contributed by atoms with van der Waals surface area (Å²) in [7, 11) is 0. The lowest BCUT2D eigenvalue weighted by molar-refractivity contribution is 0.675. The topological polar surface area (TPSA) is 50.7 Å². The molecular formula is C12H14N4S3. The minimum Gasteiger partial charge on any atom is -0.310 e. The Morgan fingerprint density at radius 3 is 2.95 bits per heavy atom. The first-order valence-electron chi connectivity index (χ1n) is 6.08. The zero-order valence-electron chi connectivity index (χ0n) is 10.5. The number of hydrogen-bond acceptors (Lipinski definition) is 7. The summed E-state index contributed by atoms with van der Waals surface area (Å²) in [6, 6.07) is 4.82. The van der Waals surface area contributed by atoms with Crippen LogP contribution in [0.1, 0.15) is 18.4 Å². The zero-order chi connectivity index (χ0) is 13.1. The summed E-state index contributed by atoms with van der Waals surface area (Å²) in [6.45, 7) is 0.884. The molecule has 0 bridgehead atoms. The third kappa shape index (κ3) is 3.68. The molecule has 19 heavy (non-hydrogen) atoms. The monoisotopic (exact) mass is 310 g/mol. The molecule has 0 spiro atoms. The van der Waals surface area contributed by atoms with E-state index in [1.54, 1.807) is 34.9 Å². The van der Waals surface area contributed by atoms with Gasteiger partial charge < -0.3 is 5.32 Å². The van der Waals surface area contributed by atoms with Gasteiger partial charge in [-0.05, 0) is 42.5 Å². The fourth-order valence-electron chi connectivity index (χ4n) is 1.60. The third-order valence-corrected chi connectivity index (χ3v) is 5.77. The first-order valence-corrected chi connectivity index (χ1v) is 8.93. The van der Waals surface area contributed by atoms with Crippen LogP contribution in [0.5, 0.6) is 0 Å². The lowest BCUT2D eigenvalue weighted by atomic mass is 10.3. The third-order valence-electron chi connectivity index (χ3n) is 2.76. The highest BCUT2D eigenvalue weighted by atomic mass is 32.2. The Morgan fingerprint density at radius 1 is 1.37 bits per heavy atom. The molecule has 2 aromatic heterocycles. The quantitative estimate of drug-likeness (QED) is 0.828. The molecule has 1 N–H and O–H groups in total. The van der Waals surface area contributed by atoms with Gasteiger partial charge in [-0.25, -0.2) is 4.98 Å². The Morgan fingerprint density at radius 2 is 2.21 bits per heavy atom. The van der Waals surface area contributed by atoms with E-state index >= 15 is 0 Å². The zero-order valence-corrected chi connectivity index (χ0v) is 12.9. The van der Waals surface area contributed by atoms with Crippen LogP contribution in [0.3, 0.4) is 0 Å². The van der Waals surface area contributed by atoms with Crippen molar-refractivity contribution >= 4 is 34.9 Å². The van der Waals surface area contributed by atoms with E-state index in [1.807, 2.05) is 18.5 Å². The van der Waals surface area contributed by atoms with Crippen LogP contribution in [-0.2, 0) is 6.54 Å². The highest BCUT2D eigenvalue weighted by molar-refractivity contribution is 8.03. The van der Waals surface area contributed by atoms with E-state index < -0.39 is 0 Å². The number of pyridine rings is 1. The minimum absolute atomic E-state index is 0.711. The minimum atomic E-state index is 0.711. The molecule has 0 unspecified atom stereocenters. The summed E-state index contributed by atoms with van der Waals surface area (Å²) in [5.74, 6) is 0. The van der Waals surface area contributed by atoms with Crippen LogP contribution in [0.2, 0.25) is 0 Å². The normalized spacial score (nSPS) is 14.8. The van der Waals surface area contributed by atoms with Gasteiger partial charge in [-0.3, -0.25) is 0 Å². The van der Waals surface area contributed by atoms with E-state index in [0.717, 1.165) is 20.3 Å². The van der Waals surface area contributed by atoms with Crippen LogP contribution in [-0.4, -0.2) is 27.5 Å². The standard InChI is InChI=1S/C12H14N4S3/c1-17-11-15-16-12(19-11)18-10-8(3-2-6-13-10)7-14-9-4-5-9/h2-3,6,9,14H,4-5,7H2,1H3. The molecule has 0 radical (unpaired) electrons. The molecular weight excluding hydrogens is 296 g/mol. The number of rotatable bonds is 6. The second-order valence-corrected chi connectivity index (χ2v) is 7.53. The maximum absolute atomic E-state index is 4.46. The van der Waals surface area contributed by atoms with Crippen molar-refractivity contribution in [2.24, 2.45) is 0 Å².